The topological polar surface area (TPSA) is 34.6 Å². The van der Waals surface area contributed by atoms with Crippen molar-refractivity contribution in [2.45, 2.75) is 6.42 Å². The van der Waals surface area contributed by atoms with E-state index in [1.54, 1.807) is 20.5 Å². The molecule has 1 aromatic heterocycles. The summed E-state index contributed by atoms with van der Waals surface area (Å²) in [6.07, 6.45) is 7.02. The fourth-order valence-electron chi connectivity index (χ4n) is 3.65. The molecule has 1 aliphatic heterocycles. The van der Waals surface area contributed by atoms with E-state index in [9.17, 15) is 0 Å². The monoisotopic (exact) mass is 501 g/mol. The first-order valence-electron chi connectivity index (χ1n) is 9.43. The molecular weight excluding hydrogens is 477 g/mol. The Kier molecular flexibility index (Phi) is 7.14. The summed E-state index contributed by atoms with van der Waals surface area (Å²) in [5.74, 6) is 2.35. The second-order valence-electron chi connectivity index (χ2n) is 6.70. The summed E-state index contributed by atoms with van der Waals surface area (Å²) in [7, 11) is 3.34. The summed E-state index contributed by atoms with van der Waals surface area (Å²) in [4.78, 5) is 0. The minimum absolute atomic E-state index is 0. The number of methoxy groups -OCH3 is 2. The van der Waals surface area contributed by atoms with Gasteiger partial charge >= 0.3 is 0 Å². The van der Waals surface area contributed by atoms with Crippen molar-refractivity contribution >= 4 is 11.8 Å². The molecule has 0 saturated heterocycles. The fourth-order valence-corrected chi connectivity index (χ4v) is 3.65. The van der Waals surface area contributed by atoms with Crippen molar-refractivity contribution < 1.29 is 42.4 Å². The molecule has 150 valence electrons. The lowest BCUT2D eigenvalue weighted by molar-refractivity contribution is -0.518. The van der Waals surface area contributed by atoms with Crippen LogP contribution in [-0.2, 0) is 6.42 Å². The molecule has 4 rings (SSSR count). The van der Waals surface area contributed by atoms with Gasteiger partial charge < -0.3 is 37.9 Å². The van der Waals surface area contributed by atoms with Crippen LogP contribution in [0.2, 0.25) is 0 Å². The van der Waals surface area contributed by atoms with Crippen LogP contribution in [0.1, 0.15) is 22.5 Å². The molecule has 0 saturated carbocycles. The second-order valence-corrected chi connectivity index (χ2v) is 6.70. The molecule has 2 heterocycles. The highest BCUT2D eigenvalue weighted by atomic mass is 127. The Morgan fingerprint density at radius 2 is 1.76 bits per heavy atom. The Bertz CT molecular complexity index is 1010. The first-order valence-corrected chi connectivity index (χ1v) is 9.43. The molecule has 0 amide bonds. The lowest BCUT2D eigenvalue weighted by Crippen LogP contribution is -3.00. The minimum atomic E-state index is 0. The van der Waals surface area contributed by atoms with Gasteiger partial charge in [-0.05, 0) is 41.5 Å². The van der Waals surface area contributed by atoms with Crippen LogP contribution in [0.15, 0.2) is 71.4 Å². The maximum atomic E-state index is 5.78. The Morgan fingerprint density at radius 3 is 2.45 bits per heavy atom. The van der Waals surface area contributed by atoms with Crippen LogP contribution in [0.25, 0.3) is 6.08 Å². The molecule has 0 atom stereocenters. The number of furan rings is 1. The molecule has 0 aliphatic carbocycles. The largest absolute Gasteiger partial charge is 1.00 e. The van der Waals surface area contributed by atoms with E-state index < -0.39 is 0 Å². The summed E-state index contributed by atoms with van der Waals surface area (Å²) >= 11 is 0. The molecule has 3 aromatic rings. The molecule has 0 N–H and O–H groups in total. The van der Waals surface area contributed by atoms with Crippen LogP contribution in [0.5, 0.6) is 11.5 Å². The average Bonchev–Trinajstić information content (AvgIpc) is 3.27. The van der Waals surface area contributed by atoms with Crippen molar-refractivity contribution in [3.05, 3.63) is 89.4 Å². The molecule has 0 spiro atoms. The standard InChI is InChI=1S/C24H24NO3.HI/c1-26-22-16-19-12-14-25(13-6-10-18-8-4-3-5-9-18)24(21-11-7-15-28-21)20(19)17-23(22)27-2;/h3-11,15-17H,12-14H2,1-2H3;1H/q+1;/p-1. The highest BCUT2D eigenvalue weighted by molar-refractivity contribution is 6.09. The van der Waals surface area contributed by atoms with Gasteiger partial charge in [0.05, 0.1) is 26.0 Å². The van der Waals surface area contributed by atoms with Crippen LogP contribution in [0.3, 0.4) is 0 Å². The van der Waals surface area contributed by atoms with E-state index in [4.69, 9.17) is 13.9 Å². The van der Waals surface area contributed by atoms with E-state index >= 15 is 0 Å². The number of benzene rings is 2. The Balaban J connectivity index is 0.00000240. The number of hydrogen-bond donors (Lipinski definition) is 0. The smallest absolute Gasteiger partial charge is 0.250 e. The molecule has 1 aliphatic rings. The molecule has 2 aromatic carbocycles. The maximum absolute atomic E-state index is 5.78. The first kappa shape index (κ1) is 21.2. The zero-order chi connectivity index (χ0) is 19.3. The third-order valence-electron chi connectivity index (χ3n) is 5.02. The number of halogens is 1. The predicted molar refractivity (Wildman–Crippen MR) is 111 cm³/mol. The minimum Gasteiger partial charge on any atom is -1.00 e. The lowest BCUT2D eigenvalue weighted by atomic mass is 9.94. The Labute approximate surface area is 188 Å². The van der Waals surface area contributed by atoms with Gasteiger partial charge in [-0.2, -0.15) is 0 Å². The molecule has 29 heavy (non-hydrogen) atoms. The summed E-state index contributed by atoms with van der Waals surface area (Å²) in [6, 6.07) is 18.4. The Hall–Kier alpha value is -2.54. The highest BCUT2D eigenvalue weighted by Crippen LogP contribution is 2.33. The predicted octanol–water partition coefficient (Wildman–Crippen LogP) is 1.42. The van der Waals surface area contributed by atoms with E-state index in [1.807, 2.05) is 18.2 Å². The maximum Gasteiger partial charge on any atom is 0.250 e. The van der Waals surface area contributed by atoms with Gasteiger partial charge in [0.1, 0.15) is 6.54 Å². The van der Waals surface area contributed by atoms with Crippen molar-refractivity contribution in [3.63, 3.8) is 0 Å². The third-order valence-corrected chi connectivity index (χ3v) is 5.02. The van der Waals surface area contributed by atoms with Gasteiger partial charge in [-0.3, -0.25) is 0 Å². The molecule has 0 unspecified atom stereocenters. The van der Waals surface area contributed by atoms with Crippen molar-refractivity contribution in [2.24, 2.45) is 0 Å². The number of ether oxygens (including phenoxy) is 2. The average molecular weight is 501 g/mol. The number of fused-ring (bicyclic) bond motifs is 1. The van der Waals surface area contributed by atoms with Crippen molar-refractivity contribution in [1.82, 2.24) is 0 Å². The van der Waals surface area contributed by atoms with Crippen LogP contribution in [0, 0.1) is 0 Å². The van der Waals surface area contributed by atoms with Gasteiger partial charge in [0.25, 0.3) is 5.71 Å². The van der Waals surface area contributed by atoms with Crippen LogP contribution in [-0.4, -0.2) is 37.6 Å². The van der Waals surface area contributed by atoms with E-state index in [-0.39, 0.29) is 24.0 Å². The number of rotatable bonds is 6. The van der Waals surface area contributed by atoms with Crippen LogP contribution >= 0.6 is 0 Å². The summed E-state index contributed by atoms with van der Waals surface area (Å²) in [5, 5.41) is 0. The normalized spacial score (nSPS) is 13.2. The lowest BCUT2D eigenvalue weighted by Gasteiger charge is -2.19. The van der Waals surface area contributed by atoms with E-state index in [0.717, 1.165) is 48.0 Å². The van der Waals surface area contributed by atoms with E-state index in [0.29, 0.717) is 0 Å². The molecule has 5 heteroatoms. The molecule has 4 nitrogen and oxygen atoms in total. The number of nitrogens with zero attached hydrogens (tertiary/aromatic N) is 1. The van der Waals surface area contributed by atoms with Crippen LogP contribution in [0.4, 0.5) is 0 Å². The summed E-state index contributed by atoms with van der Waals surface area (Å²) < 4.78 is 19.2. The van der Waals surface area contributed by atoms with Crippen LogP contribution < -0.4 is 33.5 Å². The van der Waals surface area contributed by atoms with Crippen molar-refractivity contribution in [2.75, 3.05) is 27.3 Å². The zero-order valence-corrected chi connectivity index (χ0v) is 18.8. The first-order chi connectivity index (χ1) is 13.8. The third kappa shape index (κ3) is 4.56. The Morgan fingerprint density at radius 1 is 1.00 bits per heavy atom. The zero-order valence-electron chi connectivity index (χ0n) is 16.6. The SMILES string of the molecule is COc1cc2c(cc1OC)C(c1ccco1)=[N+](CC=Cc1ccccc1)CC2.[I-]. The van der Waals surface area contributed by atoms with Gasteiger partial charge in [0.2, 0.25) is 0 Å². The van der Waals surface area contributed by atoms with Gasteiger partial charge in [-0.1, -0.05) is 36.4 Å². The summed E-state index contributed by atoms with van der Waals surface area (Å²) in [6.45, 7) is 1.72. The van der Waals surface area contributed by atoms with Gasteiger partial charge in [0, 0.05) is 6.42 Å². The molecule has 0 radical (unpaired) electrons. The molecule has 0 fully saturated rings. The van der Waals surface area contributed by atoms with E-state index in [2.05, 4.69) is 53.1 Å². The van der Waals surface area contributed by atoms with Gasteiger partial charge in [-0.15, -0.1) is 0 Å². The fraction of sp³-hybridized carbons (Fsp3) is 0.208. The number of hydrogen-bond acceptors (Lipinski definition) is 3. The summed E-state index contributed by atoms with van der Waals surface area (Å²) in [5.41, 5.74) is 4.66. The van der Waals surface area contributed by atoms with Gasteiger partial charge in [-0.25, -0.2) is 4.58 Å². The molecule has 0 bridgehead atoms. The van der Waals surface area contributed by atoms with Crippen molar-refractivity contribution in [1.29, 1.82) is 0 Å². The highest BCUT2D eigenvalue weighted by Gasteiger charge is 2.30. The van der Waals surface area contributed by atoms with E-state index in [1.165, 1.54) is 11.1 Å². The van der Waals surface area contributed by atoms with Gasteiger partial charge in [0.15, 0.2) is 23.8 Å². The second kappa shape index (κ2) is 9.78. The van der Waals surface area contributed by atoms with Crippen molar-refractivity contribution in [3.8, 4) is 11.5 Å². The quantitative estimate of drug-likeness (QED) is 0.379. The molecular formula is C24H24INO3.